The van der Waals surface area contributed by atoms with E-state index in [-0.39, 0.29) is 6.10 Å². The lowest BCUT2D eigenvalue weighted by molar-refractivity contribution is -0.136. The summed E-state index contributed by atoms with van der Waals surface area (Å²) >= 11 is 0. The van der Waals surface area contributed by atoms with Crippen LogP contribution >= 0.6 is 0 Å². The number of hydrogen-bond acceptors (Lipinski definition) is 2. The van der Waals surface area contributed by atoms with Gasteiger partial charge < -0.3 is 10.8 Å². The van der Waals surface area contributed by atoms with Crippen LogP contribution in [0.5, 0.6) is 0 Å². The molecule has 0 bridgehead atoms. The van der Waals surface area contributed by atoms with Crippen molar-refractivity contribution in [3.05, 3.63) is 0 Å². The van der Waals surface area contributed by atoms with Crippen LogP contribution in [0.1, 0.15) is 105 Å². The van der Waals surface area contributed by atoms with Crippen molar-refractivity contribution in [2.24, 2.45) is 58.0 Å². The van der Waals surface area contributed by atoms with Crippen LogP contribution in [-0.4, -0.2) is 17.3 Å². The van der Waals surface area contributed by atoms with Crippen molar-refractivity contribution in [1.82, 2.24) is 0 Å². The van der Waals surface area contributed by atoms with Crippen molar-refractivity contribution < 1.29 is 5.11 Å². The standard InChI is InChI=1S/C27H49NO/c1-17(2)7-6-8-18(3)21-9-10-22-25-23(12-14-27(21,22)5)26(4)13-11-20(29)15-19(26)16-24(25)28/h17-25,29H,6-16,28H2,1-5H3/t18-,19-,20+,21-,22+,23+,24+,25+,26+,27-/m1/s1. The molecule has 0 aliphatic heterocycles. The second kappa shape index (κ2) is 8.12. The highest BCUT2D eigenvalue weighted by Crippen LogP contribution is 2.68. The van der Waals surface area contributed by atoms with Crippen molar-refractivity contribution in [3.8, 4) is 0 Å². The summed E-state index contributed by atoms with van der Waals surface area (Å²) in [7, 11) is 0. The van der Waals surface area contributed by atoms with Crippen molar-refractivity contribution >= 4 is 0 Å². The molecule has 10 atom stereocenters. The van der Waals surface area contributed by atoms with Gasteiger partial charge >= 0.3 is 0 Å². The van der Waals surface area contributed by atoms with Gasteiger partial charge in [0.2, 0.25) is 0 Å². The predicted molar refractivity (Wildman–Crippen MR) is 122 cm³/mol. The molecule has 4 aliphatic carbocycles. The van der Waals surface area contributed by atoms with Crippen LogP contribution in [0.15, 0.2) is 0 Å². The fourth-order valence-electron chi connectivity index (χ4n) is 9.32. The number of nitrogens with two attached hydrogens (primary N) is 1. The summed E-state index contributed by atoms with van der Waals surface area (Å²) in [5.74, 6) is 5.65. The molecule has 29 heavy (non-hydrogen) atoms. The zero-order valence-electron chi connectivity index (χ0n) is 20.0. The van der Waals surface area contributed by atoms with Gasteiger partial charge in [0, 0.05) is 6.04 Å². The van der Waals surface area contributed by atoms with Gasteiger partial charge in [-0.25, -0.2) is 0 Å². The van der Waals surface area contributed by atoms with Crippen molar-refractivity contribution in [1.29, 1.82) is 0 Å². The minimum absolute atomic E-state index is 0.0757. The Kier molecular flexibility index (Phi) is 6.19. The molecule has 4 rings (SSSR count). The Hall–Kier alpha value is -0.0800. The van der Waals surface area contributed by atoms with Gasteiger partial charge in [-0.2, -0.15) is 0 Å². The predicted octanol–water partition coefficient (Wildman–Crippen LogP) is 6.41. The van der Waals surface area contributed by atoms with Crippen LogP contribution in [0.3, 0.4) is 0 Å². The average Bonchev–Trinajstić information content (AvgIpc) is 3.00. The zero-order valence-corrected chi connectivity index (χ0v) is 20.0. The van der Waals surface area contributed by atoms with E-state index in [0.717, 1.165) is 54.8 Å². The van der Waals surface area contributed by atoms with Gasteiger partial charge in [0.25, 0.3) is 0 Å². The first-order valence-electron chi connectivity index (χ1n) is 13.1. The summed E-state index contributed by atoms with van der Waals surface area (Å²) in [4.78, 5) is 0. The molecule has 0 amide bonds. The molecule has 3 N–H and O–H groups in total. The Morgan fingerprint density at radius 3 is 2.31 bits per heavy atom. The maximum Gasteiger partial charge on any atom is 0.0543 e. The third-order valence-corrected chi connectivity index (χ3v) is 10.9. The molecule has 4 fully saturated rings. The van der Waals surface area contributed by atoms with Crippen molar-refractivity contribution in [3.63, 3.8) is 0 Å². The van der Waals surface area contributed by atoms with E-state index in [0.29, 0.717) is 22.8 Å². The van der Waals surface area contributed by atoms with Crippen LogP contribution in [0.4, 0.5) is 0 Å². The van der Waals surface area contributed by atoms with E-state index in [1.54, 1.807) is 0 Å². The molecular formula is C27H49NO. The SMILES string of the molecule is CC(C)CCC[C@@H](C)[C@H]1CC[C@H]2[C@@H]3[C@@H](N)C[C@H]4C[C@@H](O)CC[C@]4(C)[C@H]3CC[C@]12C. The first-order chi connectivity index (χ1) is 13.7. The average molecular weight is 404 g/mol. The van der Waals surface area contributed by atoms with E-state index in [1.807, 2.05) is 0 Å². The van der Waals surface area contributed by atoms with E-state index >= 15 is 0 Å². The summed E-state index contributed by atoms with van der Waals surface area (Å²) in [6.45, 7) is 12.5. The molecular weight excluding hydrogens is 354 g/mol. The van der Waals surface area contributed by atoms with Gasteiger partial charge in [-0.15, -0.1) is 0 Å². The minimum Gasteiger partial charge on any atom is -0.393 e. The van der Waals surface area contributed by atoms with Crippen LogP contribution in [0, 0.1) is 52.3 Å². The van der Waals surface area contributed by atoms with Gasteiger partial charge in [-0.05, 0) is 104 Å². The van der Waals surface area contributed by atoms with E-state index < -0.39 is 0 Å². The lowest BCUT2D eigenvalue weighted by atomic mass is 9.43. The largest absolute Gasteiger partial charge is 0.393 e. The monoisotopic (exact) mass is 403 g/mol. The maximum absolute atomic E-state index is 10.3. The van der Waals surface area contributed by atoms with Gasteiger partial charge in [-0.1, -0.05) is 53.9 Å². The summed E-state index contributed by atoms with van der Waals surface area (Å²) in [5.41, 5.74) is 7.92. The van der Waals surface area contributed by atoms with Crippen LogP contribution < -0.4 is 5.73 Å². The van der Waals surface area contributed by atoms with E-state index in [4.69, 9.17) is 5.73 Å². The summed E-state index contributed by atoms with van der Waals surface area (Å²) in [6.07, 6.45) is 14.2. The zero-order chi connectivity index (χ0) is 21.0. The van der Waals surface area contributed by atoms with E-state index in [1.165, 1.54) is 51.4 Å². The molecule has 0 heterocycles. The number of rotatable bonds is 5. The normalized spacial score (nSPS) is 50.7. The lowest BCUT2D eigenvalue weighted by Crippen LogP contribution is -2.60. The maximum atomic E-state index is 10.3. The fourth-order valence-corrected chi connectivity index (χ4v) is 9.32. The molecule has 4 saturated carbocycles. The highest BCUT2D eigenvalue weighted by Gasteiger charge is 2.62. The highest BCUT2D eigenvalue weighted by molar-refractivity contribution is 5.12. The van der Waals surface area contributed by atoms with Crippen molar-refractivity contribution in [2.75, 3.05) is 0 Å². The fraction of sp³-hybridized carbons (Fsp3) is 1.00. The topological polar surface area (TPSA) is 46.2 Å². The molecule has 0 spiro atoms. The number of fused-ring (bicyclic) bond motifs is 5. The van der Waals surface area contributed by atoms with Gasteiger partial charge in [-0.3, -0.25) is 0 Å². The minimum atomic E-state index is -0.0757. The molecule has 0 unspecified atom stereocenters. The lowest BCUT2D eigenvalue weighted by Gasteiger charge is -2.63. The third kappa shape index (κ3) is 3.73. The Morgan fingerprint density at radius 2 is 1.59 bits per heavy atom. The highest BCUT2D eigenvalue weighted by atomic mass is 16.3. The number of aliphatic hydroxyl groups excluding tert-OH is 1. The van der Waals surface area contributed by atoms with Gasteiger partial charge in [0.05, 0.1) is 6.10 Å². The molecule has 0 aromatic carbocycles. The van der Waals surface area contributed by atoms with Gasteiger partial charge in [0.15, 0.2) is 0 Å². The van der Waals surface area contributed by atoms with E-state index in [2.05, 4.69) is 34.6 Å². The van der Waals surface area contributed by atoms with Crippen molar-refractivity contribution in [2.45, 2.75) is 117 Å². The second-order valence-electron chi connectivity index (χ2n) is 12.9. The molecule has 2 nitrogen and oxygen atoms in total. The quantitative estimate of drug-likeness (QED) is 0.557. The number of aliphatic hydroxyl groups is 1. The smallest absolute Gasteiger partial charge is 0.0543 e. The summed E-state index contributed by atoms with van der Waals surface area (Å²) < 4.78 is 0. The van der Waals surface area contributed by atoms with Crippen LogP contribution in [0.25, 0.3) is 0 Å². The Balaban J connectivity index is 1.50. The summed E-state index contributed by atoms with van der Waals surface area (Å²) in [6, 6.07) is 0.364. The molecule has 0 radical (unpaired) electrons. The molecule has 168 valence electrons. The molecule has 4 aliphatic rings. The first-order valence-corrected chi connectivity index (χ1v) is 13.1. The van der Waals surface area contributed by atoms with E-state index in [9.17, 15) is 5.11 Å². The Labute approximate surface area is 180 Å². The number of hydrogen-bond donors (Lipinski definition) is 2. The Morgan fingerprint density at radius 1 is 0.897 bits per heavy atom. The summed E-state index contributed by atoms with van der Waals surface area (Å²) in [5, 5.41) is 10.3. The molecule has 0 aromatic heterocycles. The van der Waals surface area contributed by atoms with Gasteiger partial charge in [0.1, 0.15) is 0 Å². The molecule has 0 saturated heterocycles. The Bertz CT molecular complexity index is 575. The second-order valence-corrected chi connectivity index (χ2v) is 12.9. The van der Waals surface area contributed by atoms with Crippen LogP contribution in [0.2, 0.25) is 0 Å². The molecule has 0 aromatic rings. The third-order valence-electron chi connectivity index (χ3n) is 10.9. The van der Waals surface area contributed by atoms with Crippen LogP contribution in [-0.2, 0) is 0 Å². The molecule has 2 heteroatoms. The first kappa shape index (κ1) is 22.1.